The maximum atomic E-state index is 12.4. The van der Waals surface area contributed by atoms with Gasteiger partial charge in [-0.1, -0.05) is 6.92 Å². The molecule has 0 saturated heterocycles. The molecule has 3 N–H and O–H groups in total. The van der Waals surface area contributed by atoms with Gasteiger partial charge in [-0.15, -0.1) is 0 Å². The first kappa shape index (κ1) is 14.7. The number of sulfonamides is 1. The first-order valence-electron chi connectivity index (χ1n) is 5.51. The molecular formula is C11H18N2O4S. The van der Waals surface area contributed by atoms with E-state index in [2.05, 4.69) is 0 Å². The minimum atomic E-state index is -3.71. The van der Waals surface area contributed by atoms with Crippen LogP contribution in [-0.2, 0) is 10.0 Å². The quantitative estimate of drug-likeness (QED) is 0.727. The van der Waals surface area contributed by atoms with Gasteiger partial charge >= 0.3 is 0 Å². The summed E-state index contributed by atoms with van der Waals surface area (Å²) in [4.78, 5) is 0.0142. The number of benzene rings is 1. The highest BCUT2D eigenvalue weighted by Crippen LogP contribution is 2.28. The fraction of sp³-hybridized carbons (Fsp3) is 0.455. The van der Waals surface area contributed by atoms with Crippen molar-refractivity contribution in [3.63, 3.8) is 0 Å². The van der Waals surface area contributed by atoms with Crippen LogP contribution in [0.1, 0.15) is 6.92 Å². The predicted molar refractivity (Wildman–Crippen MR) is 68.9 cm³/mol. The summed E-state index contributed by atoms with van der Waals surface area (Å²) in [6, 6.07) is 4.43. The van der Waals surface area contributed by atoms with Gasteiger partial charge in [-0.3, -0.25) is 0 Å². The van der Waals surface area contributed by atoms with Gasteiger partial charge in [0.2, 0.25) is 10.0 Å². The lowest BCUT2D eigenvalue weighted by Crippen LogP contribution is -2.33. The minimum Gasteiger partial charge on any atom is -0.495 e. The van der Waals surface area contributed by atoms with Crippen molar-refractivity contribution in [1.29, 1.82) is 0 Å². The SMILES string of the molecule is CCN(CCO)S(=O)(=O)c1cc(N)ccc1OC. The molecule has 1 rings (SSSR count). The third-order valence-electron chi connectivity index (χ3n) is 2.51. The molecule has 0 bridgehead atoms. The normalized spacial score (nSPS) is 11.8. The number of hydrogen-bond donors (Lipinski definition) is 2. The largest absolute Gasteiger partial charge is 0.495 e. The Morgan fingerprint density at radius 3 is 2.61 bits per heavy atom. The van der Waals surface area contributed by atoms with E-state index < -0.39 is 10.0 Å². The lowest BCUT2D eigenvalue weighted by atomic mass is 10.3. The minimum absolute atomic E-state index is 0.0142. The van der Waals surface area contributed by atoms with Crippen molar-refractivity contribution in [1.82, 2.24) is 4.31 Å². The Hall–Kier alpha value is -1.31. The number of rotatable bonds is 6. The van der Waals surface area contributed by atoms with Crippen LogP contribution in [0.15, 0.2) is 23.1 Å². The van der Waals surface area contributed by atoms with Gasteiger partial charge in [0.15, 0.2) is 0 Å². The lowest BCUT2D eigenvalue weighted by molar-refractivity contribution is 0.256. The van der Waals surface area contributed by atoms with E-state index in [0.717, 1.165) is 0 Å². The number of aliphatic hydroxyl groups is 1. The number of methoxy groups -OCH3 is 1. The summed E-state index contributed by atoms with van der Waals surface area (Å²) < 4.78 is 30.9. The number of nitrogen functional groups attached to an aromatic ring is 1. The Bertz CT molecular complexity index is 502. The first-order valence-corrected chi connectivity index (χ1v) is 6.95. The zero-order valence-corrected chi connectivity index (χ0v) is 11.3. The van der Waals surface area contributed by atoms with Gasteiger partial charge in [-0.05, 0) is 18.2 Å². The highest BCUT2D eigenvalue weighted by Gasteiger charge is 2.26. The smallest absolute Gasteiger partial charge is 0.246 e. The van der Waals surface area contributed by atoms with Crippen LogP contribution in [0.25, 0.3) is 0 Å². The fourth-order valence-electron chi connectivity index (χ4n) is 1.59. The molecule has 0 unspecified atom stereocenters. The Kier molecular flexibility index (Phi) is 4.94. The summed E-state index contributed by atoms with van der Waals surface area (Å²) in [6.07, 6.45) is 0. The van der Waals surface area contributed by atoms with Crippen molar-refractivity contribution in [2.24, 2.45) is 0 Å². The second-order valence-corrected chi connectivity index (χ2v) is 5.54. The number of nitrogens with zero attached hydrogens (tertiary/aromatic N) is 1. The average Bonchev–Trinajstić information content (AvgIpc) is 2.35. The first-order chi connectivity index (χ1) is 8.47. The Labute approximate surface area is 107 Å². The third kappa shape index (κ3) is 2.92. The molecule has 0 atom stereocenters. The monoisotopic (exact) mass is 274 g/mol. The van der Waals surface area contributed by atoms with Crippen LogP contribution < -0.4 is 10.5 Å². The average molecular weight is 274 g/mol. The Balaban J connectivity index is 3.30. The molecule has 0 radical (unpaired) electrons. The number of hydrogen-bond acceptors (Lipinski definition) is 5. The molecule has 18 heavy (non-hydrogen) atoms. The fourth-order valence-corrected chi connectivity index (χ4v) is 3.22. The van der Waals surface area contributed by atoms with Crippen molar-refractivity contribution in [3.8, 4) is 5.75 Å². The molecule has 102 valence electrons. The Morgan fingerprint density at radius 1 is 1.44 bits per heavy atom. The molecule has 6 nitrogen and oxygen atoms in total. The molecule has 0 aliphatic carbocycles. The maximum Gasteiger partial charge on any atom is 0.246 e. The second kappa shape index (κ2) is 6.03. The van der Waals surface area contributed by atoms with Crippen LogP contribution in [0.4, 0.5) is 5.69 Å². The second-order valence-electron chi connectivity index (χ2n) is 3.63. The van der Waals surface area contributed by atoms with Crippen LogP contribution in [-0.4, -0.2) is 44.6 Å². The zero-order valence-electron chi connectivity index (χ0n) is 10.5. The van der Waals surface area contributed by atoms with E-state index in [9.17, 15) is 8.42 Å². The zero-order chi connectivity index (χ0) is 13.8. The van der Waals surface area contributed by atoms with Crippen molar-refractivity contribution in [2.75, 3.05) is 32.5 Å². The van der Waals surface area contributed by atoms with Crippen molar-refractivity contribution in [3.05, 3.63) is 18.2 Å². The van der Waals surface area contributed by atoms with E-state index in [1.807, 2.05) is 0 Å². The Morgan fingerprint density at radius 2 is 2.11 bits per heavy atom. The maximum absolute atomic E-state index is 12.4. The highest BCUT2D eigenvalue weighted by atomic mass is 32.2. The van der Waals surface area contributed by atoms with Crippen molar-refractivity contribution in [2.45, 2.75) is 11.8 Å². The van der Waals surface area contributed by atoms with Gasteiger partial charge < -0.3 is 15.6 Å². The predicted octanol–water partition coefficient (Wildman–Crippen LogP) is 0.280. The molecule has 0 saturated carbocycles. The third-order valence-corrected chi connectivity index (χ3v) is 4.50. The summed E-state index contributed by atoms with van der Waals surface area (Å²) in [6.45, 7) is 1.77. The summed E-state index contributed by atoms with van der Waals surface area (Å²) in [5, 5.41) is 8.90. The van der Waals surface area contributed by atoms with E-state index in [0.29, 0.717) is 5.69 Å². The molecule has 1 aromatic carbocycles. The standard InChI is InChI=1S/C11H18N2O4S/c1-3-13(6-7-14)18(15,16)11-8-9(12)4-5-10(11)17-2/h4-5,8,14H,3,6-7,12H2,1-2H3. The topological polar surface area (TPSA) is 92.9 Å². The molecule has 1 aromatic rings. The molecule has 0 aliphatic heterocycles. The summed E-state index contributed by atoms with van der Waals surface area (Å²) in [5.41, 5.74) is 5.95. The molecule has 0 aliphatic rings. The van der Waals surface area contributed by atoms with Gasteiger partial charge in [-0.2, -0.15) is 4.31 Å². The molecule has 0 heterocycles. The van der Waals surface area contributed by atoms with E-state index >= 15 is 0 Å². The van der Waals surface area contributed by atoms with E-state index in [1.165, 1.54) is 23.5 Å². The van der Waals surface area contributed by atoms with Crippen LogP contribution in [0.5, 0.6) is 5.75 Å². The number of likely N-dealkylation sites (N-methyl/N-ethyl adjacent to an activating group) is 1. The highest BCUT2D eigenvalue weighted by molar-refractivity contribution is 7.89. The summed E-state index contributed by atoms with van der Waals surface area (Å²) in [7, 11) is -2.31. The molecule has 0 amide bonds. The number of aliphatic hydroxyl groups excluding tert-OH is 1. The van der Waals surface area contributed by atoms with E-state index in [1.54, 1.807) is 13.0 Å². The van der Waals surface area contributed by atoms with Crippen molar-refractivity contribution >= 4 is 15.7 Å². The van der Waals surface area contributed by atoms with Gasteiger partial charge in [0, 0.05) is 18.8 Å². The lowest BCUT2D eigenvalue weighted by Gasteiger charge is -2.20. The van der Waals surface area contributed by atoms with Crippen LogP contribution in [0.2, 0.25) is 0 Å². The number of nitrogens with two attached hydrogens (primary N) is 1. The molecule has 7 heteroatoms. The summed E-state index contributed by atoms with van der Waals surface area (Å²) in [5.74, 6) is 0.237. The van der Waals surface area contributed by atoms with Crippen LogP contribution in [0, 0.1) is 0 Å². The van der Waals surface area contributed by atoms with Crippen molar-refractivity contribution < 1.29 is 18.3 Å². The van der Waals surface area contributed by atoms with Gasteiger partial charge in [0.25, 0.3) is 0 Å². The van der Waals surface area contributed by atoms with Gasteiger partial charge in [0.05, 0.1) is 13.7 Å². The molecular weight excluding hydrogens is 256 g/mol. The molecule has 0 fully saturated rings. The number of anilines is 1. The van der Waals surface area contributed by atoms with Crippen LogP contribution in [0.3, 0.4) is 0 Å². The van der Waals surface area contributed by atoms with E-state index in [-0.39, 0.29) is 30.3 Å². The summed E-state index contributed by atoms with van der Waals surface area (Å²) >= 11 is 0. The number of ether oxygens (including phenoxy) is 1. The van der Waals surface area contributed by atoms with Gasteiger partial charge in [-0.25, -0.2) is 8.42 Å². The molecule has 0 spiro atoms. The molecule has 0 aromatic heterocycles. The van der Waals surface area contributed by atoms with Crippen LogP contribution >= 0.6 is 0 Å². The van der Waals surface area contributed by atoms with Gasteiger partial charge in [0.1, 0.15) is 10.6 Å². The van der Waals surface area contributed by atoms with E-state index in [4.69, 9.17) is 15.6 Å².